The number of pyridine rings is 1. The van der Waals surface area contributed by atoms with Crippen molar-refractivity contribution in [3.05, 3.63) is 41.2 Å². The fraction of sp³-hybridized carbons (Fsp3) is 0.200. The minimum atomic E-state index is -0.617. The molecule has 0 aliphatic rings. The van der Waals surface area contributed by atoms with Gasteiger partial charge in [-0.2, -0.15) is 0 Å². The number of aromatic nitrogens is 1. The number of amidine groups is 1. The van der Waals surface area contributed by atoms with Crippen molar-refractivity contribution in [1.82, 2.24) is 4.98 Å². The summed E-state index contributed by atoms with van der Waals surface area (Å²) in [5, 5.41) is 10.3. The van der Waals surface area contributed by atoms with Crippen LogP contribution in [0.25, 0.3) is 0 Å². The van der Waals surface area contributed by atoms with E-state index < -0.39 is 5.82 Å². The van der Waals surface area contributed by atoms with Gasteiger partial charge in [-0.15, -0.1) is 0 Å². The third kappa shape index (κ3) is 2.93. The summed E-state index contributed by atoms with van der Waals surface area (Å²) in [6.45, 7) is 1.93. The Labute approximate surface area is 128 Å². The van der Waals surface area contributed by atoms with E-state index in [1.165, 1.54) is 0 Å². The first kappa shape index (κ1) is 15.6. The molecule has 1 heterocycles. The van der Waals surface area contributed by atoms with Crippen molar-refractivity contribution in [2.24, 2.45) is 5.73 Å². The van der Waals surface area contributed by atoms with Crippen molar-refractivity contribution in [3.63, 3.8) is 0 Å². The van der Waals surface area contributed by atoms with Gasteiger partial charge in [-0.1, -0.05) is 6.07 Å². The van der Waals surface area contributed by atoms with E-state index in [0.29, 0.717) is 0 Å². The van der Waals surface area contributed by atoms with Gasteiger partial charge in [0.25, 0.3) is 0 Å². The van der Waals surface area contributed by atoms with E-state index in [1.807, 2.05) is 44.1 Å². The molecule has 116 valence electrons. The van der Waals surface area contributed by atoms with Crippen molar-refractivity contribution in [1.29, 1.82) is 5.41 Å². The smallest absolute Gasteiger partial charge is 0.169 e. The maximum absolute atomic E-state index is 14.1. The Morgan fingerprint density at radius 3 is 2.64 bits per heavy atom. The lowest BCUT2D eigenvalue weighted by molar-refractivity contribution is 0.626. The van der Waals surface area contributed by atoms with Crippen molar-refractivity contribution >= 4 is 28.8 Å². The number of nitrogens with two attached hydrogens (primary N) is 2. The molecule has 2 rings (SSSR count). The third-order valence-electron chi connectivity index (χ3n) is 3.34. The van der Waals surface area contributed by atoms with Crippen LogP contribution in [0.5, 0.6) is 0 Å². The molecule has 0 unspecified atom stereocenters. The number of halogens is 1. The zero-order valence-corrected chi connectivity index (χ0v) is 12.7. The molecular formula is C15H19FN6. The van der Waals surface area contributed by atoms with Crippen LogP contribution in [0.3, 0.4) is 0 Å². The summed E-state index contributed by atoms with van der Waals surface area (Å²) < 4.78 is 14.1. The number of hydrogen-bond donors (Lipinski definition) is 4. The molecule has 2 aromatic rings. The van der Waals surface area contributed by atoms with E-state index in [9.17, 15) is 4.39 Å². The van der Waals surface area contributed by atoms with Crippen LogP contribution in [0.15, 0.2) is 24.3 Å². The SMILES string of the molecule is Cc1c(Nc2nc(N)c(C(=N)N)cc2F)cccc1N(C)C. The summed E-state index contributed by atoms with van der Waals surface area (Å²) in [7, 11) is 3.87. The van der Waals surface area contributed by atoms with E-state index in [-0.39, 0.29) is 23.0 Å². The number of hydrogen-bond acceptors (Lipinski definition) is 5. The fourth-order valence-corrected chi connectivity index (χ4v) is 2.18. The molecule has 0 radical (unpaired) electrons. The molecule has 0 saturated carbocycles. The molecule has 22 heavy (non-hydrogen) atoms. The number of nitrogen functional groups attached to an aromatic ring is 2. The molecule has 1 aromatic heterocycles. The highest BCUT2D eigenvalue weighted by Gasteiger charge is 2.13. The Kier molecular flexibility index (Phi) is 4.16. The number of rotatable bonds is 4. The topological polar surface area (TPSA) is 104 Å². The average molecular weight is 302 g/mol. The van der Waals surface area contributed by atoms with E-state index in [4.69, 9.17) is 16.9 Å². The zero-order chi connectivity index (χ0) is 16.4. The highest BCUT2D eigenvalue weighted by atomic mass is 19.1. The van der Waals surface area contributed by atoms with Crippen LogP contribution in [-0.4, -0.2) is 24.9 Å². The second-order valence-corrected chi connectivity index (χ2v) is 5.13. The number of anilines is 4. The van der Waals surface area contributed by atoms with E-state index in [0.717, 1.165) is 23.0 Å². The minimum Gasteiger partial charge on any atom is -0.384 e. The monoisotopic (exact) mass is 302 g/mol. The first-order valence-electron chi connectivity index (χ1n) is 6.65. The van der Waals surface area contributed by atoms with Gasteiger partial charge < -0.3 is 21.7 Å². The van der Waals surface area contributed by atoms with Gasteiger partial charge >= 0.3 is 0 Å². The summed E-state index contributed by atoms with van der Waals surface area (Å²) in [6, 6.07) is 6.78. The molecule has 6 nitrogen and oxygen atoms in total. The van der Waals surface area contributed by atoms with E-state index in [2.05, 4.69) is 10.3 Å². The van der Waals surface area contributed by atoms with Crippen molar-refractivity contribution in [2.45, 2.75) is 6.92 Å². The highest BCUT2D eigenvalue weighted by molar-refractivity contribution is 5.99. The summed E-state index contributed by atoms with van der Waals surface area (Å²) in [5.74, 6) is -0.922. The van der Waals surface area contributed by atoms with Gasteiger partial charge in [-0.25, -0.2) is 9.37 Å². The van der Waals surface area contributed by atoms with Gasteiger partial charge in [-0.05, 0) is 30.7 Å². The molecule has 6 N–H and O–H groups in total. The molecule has 0 spiro atoms. The molecular weight excluding hydrogens is 283 g/mol. The van der Waals surface area contributed by atoms with Crippen LogP contribution in [0, 0.1) is 18.2 Å². The maximum atomic E-state index is 14.1. The maximum Gasteiger partial charge on any atom is 0.169 e. The van der Waals surface area contributed by atoms with Gasteiger partial charge in [-0.3, -0.25) is 5.41 Å². The lowest BCUT2D eigenvalue weighted by atomic mass is 10.1. The molecule has 7 heteroatoms. The lowest BCUT2D eigenvalue weighted by Gasteiger charge is -2.19. The summed E-state index contributed by atoms with van der Waals surface area (Å²) in [6.07, 6.45) is 0. The molecule has 0 fully saturated rings. The number of nitrogens with zero attached hydrogens (tertiary/aromatic N) is 2. The largest absolute Gasteiger partial charge is 0.384 e. The Hall–Kier alpha value is -2.83. The standard InChI is InChI=1S/C15H19FN6/c1-8-11(5-4-6-12(8)22(2)3)20-15-10(16)7-9(13(17)18)14(19)21-15/h4-7H,1-3H3,(H3,17,18)(H3,19,20,21). The van der Waals surface area contributed by atoms with Crippen LogP contribution in [0.1, 0.15) is 11.1 Å². The third-order valence-corrected chi connectivity index (χ3v) is 3.34. The first-order valence-corrected chi connectivity index (χ1v) is 6.65. The van der Waals surface area contributed by atoms with Gasteiger partial charge in [0.05, 0.1) is 5.56 Å². The van der Waals surface area contributed by atoms with E-state index >= 15 is 0 Å². The molecule has 0 amide bonds. The van der Waals surface area contributed by atoms with Crippen molar-refractivity contribution in [3.8, 4) is 0 Å². The second-order valence-electron chi connectivity index (χ2n) is 5.13. The fourth-order valence-electron chi connectivity index (χ4n) is 2.18. The molecule has 0 aliphatic carbocycles. The predicted octanol–water partition coefficient (Wildman–Crippen LogP) is 2.20. The summed E-state index contributed by atoms with van der Waals surface area (Å²) in [5.41, 5.74) is 13.8. The lowest BCUT2D eigenvalue weighted by Crippen LogP contribution is -2.16. The van der Waals surface area contributed by atoms with Crippen LogP contribution in [-0.2, 0) is 0 Å². The number of benzene rings is 1. The van der Waals surface area contributed by atoms with Gasteiger partial charge in [0.1, 0.15) is 11.7 Å². The van der Waals surface area contributed by atoms with Crippen LogP contribution >= 0.6 is 0 Å². The molecule has 0 atom stereocenters. The predicted molar refractivity (Wildman–Crippen MR) is 88.4 cm³/mol. The molecule has 0 aliphatic heterocycles. The van der Waals surface area contributed by atoms with Crippen LogP contribution in [0.2, 0.25) is 0 Å². The van der Waals surface area contributed by atoms with Gasteiger partial charge in [0.2, 0.25) is 0 Å². The first-order chi connectivity index (χ1) is 10.3. The van der Waals surface area contributed by atoms with Crippen molar-refractivity contribution in [2.75, 3.05) is 30.0 Å². The quantitative estimate of drug-likeness (QED) is 0.512. The second kappa shape index (κ2) is 5.88. The average Bonchev–Trinajstić information content (AvgIpc) is 2.44. The minimum absolute atomic E-state index is 0.00139. The van der Waals surface area contributed by atoms with Gasteiger partial charge in [0, 0.05) is 25.5 Å². The zero-order valence-electron chi connectivity index (χ0n) is 12.7. The van der Waals surface area contributed by atoms with Gasteiger partial charge in [0.15, 0.2) is 11.6 Å². The van der Waals surface area contributed by atoms with E-state index in [1.54, 1.807) is 0 Å². The normalized spacial score (nSPS) is 10.4. The summed E-state index contributed by atoms with van der Waals surface area (Å²) in [4.78, 5) is 5.93. The van der Waals surface area contributed by atoms with Crippen LogP contribution < -0.4 is 21.7 Å². The molecule has 0 saturated heterocycles. The van der Waals surface area contributed by atoms with Crippen LogP contribution in [0.4, 0.5) is 27.4 Å². The Bertz CT molecular complexity index is 726. The Morgan fingerprint density at radius 2 is 2.05 bits per heavy atom. The molecule has 1 aromatic carbocycles. The summed E-state index contributed by atoms with van der Waals surface area (Å²) >= 11 is 0. The Morgan fingerprint density at radius 1 is 1.36 bits per heavy atom. The molecule has 0 bridgehead atoms. The Balaban J connectivity index is 2.42. The highest BCUT2D eigenvalue weighted by Crippen LogP contribution is 2.29. The van der Waals surface area contributed by atoms with Crippen molar-refractivity contribution < 1.29 is 4.39 Å². The number of nitrogens with one attached hydrogen (secondary N) is 2.